The largest absolute Gasteiger partial charge is 0.481 e. The van der Waals surface area contributed by atoms with Gasteiger partial charge < -0.3 is 10.4 Å². The van der Waals surface area contributed by atoms with Gasteiger partial charge in [-0.1, -0.05) is 38.3 Å². The van der Waals surface area contributed by atoms with Crippen LogP contribution in [0.15, 0.2) is 24.3 Å². The lowest BCUT2D eigenvalue weighted by molar-refractivity contribution is -0.138. The number of carboxylic acids is 1. The maximum absolute atomic E-state index is 13.2. The number of halogens is 1. The summed E-state index contributed by atoms with van der Waals surface area (Å²) in [7, 11) is 0. The Morgan fingerprint density at radius 3 is 2.39 bits per heavy atom. The molecule has 1 aromatic carbocycles. The van der Waals surface area contributed by atoms with Crippen molar-refractivity contribution in [2.75, 3.05) is 6.54 Å². The Labute approximate surface area is 136 Å². The highest BCUT2D eigenvalue weighted by Gasteiger charge is 2.41. The molecule has 2 rings (SSSR count). The topological polar surface area (TPSA) is 66.4 Å². The van der Waals surface area contributed by atoms with Gasteiger partial charge in [-0.05, 0) is 36.5 Å². The minimum absolute atomic E-state index is 0.0316. The number of carbonyl (C=O) groups is 2. The Hall–Kier alpha value is -1.91. The van der Waals surface area contributed by atoms with Gasteiger partial charge in [-0.15, -0.1) is 0 Å². The summed E-state index contributed by atoms with van der Waals surface area (Å²) >= 11 is 0. The summed E-state index contributed by atoms with van der Waals surface area (Å²) in [6.07, 6.45) is 4.57. The zero-order valence-corrected chi connectivity index (χ0v) is 13.5. The average molecular weight is 321 g/mol. The first kappa shape index (κ1) is 17.4. The molecule has 1 saturated carbocycles. The van der Waals surface area contributed by atoms with Crippen LogP contribution in [-0.4, -0.2) is 23.5 Å². The lowest BCUT2D eigenvalue weighted by Gasteiger charge is -2.36. The molecule has 4 nitrogen and oxygen atoms in total. The van der Waals surface area contributed by atoms with Crippen molar-refractivity contribution >= 4 is 11.9 Å². The van der Waals surface area contributed by atoms with E-state index in [9.17, 15) is 14.0 Å². The number of hydrogen-bond acceptors (Lipinski definition) is 2. The van der Waals surface area contributed by atoms with Gasteiger partial charge in [0, 0.05) is 13.0 Å². The first-order valence-corrected chi connectivity index (χ1v) is 8.20. The van der Waals surface area contributed by atoms with Gasteiger partial charge in [0.05, 0.1) is 5.41 Å². The number of aliphatic carboxylic acids is 1. The van der Waals surface area contributed by atoms with Crippen LogP contribution in [0.4, 0.5) is 4.39 Å². The highest BCUT2D eigenvalue weighted by atomic mass is 19.1. The fourth-order valence-electron chi connectivity index (χ4n) is 3.38. The molecular weight excluding hydrogens is 297 g/mol. The van der Waals surface area contributed by atoms with Gasteiger partial charge in [0.15, 0.2) is 0 Å². The Kier molecular flexibility index (Phi) is 5.74. The van der Waals surface area contributed by atoms with Crippen LogP contribution >= 0.6 is 0 Å². The predicted octanol–water partition coefficient (Wildman–Crippen LogP) is 3.25. The molecule has 1 unspecified atom stereocenters. The first-order valence-electron chi connectivity index (χ1n) is 8.20. The molecule has 0 radical (unpaired) electrons. The Bertz CT molecular complexity index is 550. The summed E-state index contributed by atoms with van der Waals surface area (Å²) in [5.41, 5.74) is 0.233. The maximum Gasteiger partial charge on any atom is 0.303 e. The third-order valence-electron chi connectivity index (χ3n) is 4.67. The van der Waals surface area contributed by atoms with Crippen LogP contribution in [0, 0.1) is 11.7 Å². The van der Waals surface area contributed by atoms with Crippen LogP contribution in [0.1, 0.15) is 51.0 Å². The van der Waals surface area contributed by atoms with E-state index in [1.54, 1.807) is 19.1 Å². The average Bonchev–Trinajstić information content (AvgIpc) is 2.53. The molecule has 1 fully saturated rings. The molecule has 1 aliphatic rings. The molecule has 0 aliphatic heterocycles. The number of benzene rings is 1. The van der Waals surface area contributed by atoms with Gasteiger partial charge >= 0.3 is 5.97 Å². The molecule has 1 aliphatic carbocycles. The second-order valence-corrected chi connectivity index (χ2v) is 6.56. The van der Waals surface area contributed by atoms with E-state index >= 15 is 0 Å². The fourth-order valence-corrected chi connectivity index (χ4v) is 3.38. The van der Waals surface area contributed by atoms with E-state index in [1.807, 2.05) is 0 Å². The molecule has 0 spiro atoms. The summed E-state index contributed by atoms with van der Waals surface area (Å²) in [6.45, 7) is 2.15. The summed E-state index contributed by atoms with van der Waals surface area (Å²) in [6, 6.07) is 6.18. The van der Waals surface area contributed by atoms with E-state index in [2.05, 4.69) is 5.32 Å². The SMILES string of the molecule is CC(CNC(=O)C1(c2ccc(F)cc2)CCCCC1)CC(=O)O. The molecule has 5 heteroatoms. The van der Waals surface area contributed by atoms with E-state index in [0.717, 1.165) is 37.7 Å². The molecular formula is C18H24FNO3. The van der Waals surface area contributed by atoms with Crippen molar-refractivity contribution in [3.63, 3.8) is 0 Å². The van der Waals surface area contributed by atoms with Crippen LogP contribution in [0.5, 0.6) is 0 Å². The Morgan fingerprint density at radius 2 is 1.83 bits per heavy atom. The van der Waals surface area contributed by atoms with Crippen molar-refractivity contribution in [1.82, 2.24) is 5.32 Å². The van der Waals surface area contributed by atoms with Crippen molar-refractivity contribution in [2.45, 2.75) is 50.9 Å². The second kappa shape index (κ2) is 7.57. The van der Waals surface area contributed by atoms with Crippen molar-refractivity contribution in [2.24, 2.45) is 5.92 Å². The highest BCUT2D eigenvalue weighted by molar-refractivity contribution is 5.88. The lowest BCUT2D eigenvalue weighted by Crippen LogP contribution is -2.47. The number of amides is 1. The van der Waals surface area contributed by atoms with E-state index in [-0.39, 0.29) is 24.1 Å². The number of carbonyl (C=O) groups excluding carboxylic acids is 1. The fraction of sp³-hybridized carbons (Fsp3) is 0.556. The lowest BCUT2D eigenvalue weighted by atomic mass is 9.68. The van der Waals surface area contributed by atoms with Gasteiger partial charge in [0.25, 0.3) is 0 Å². The third kappa shape index (κ3) is 4.30. The predicted molar refractivity (Wildman–Crippen MR) is 85.6 cm³/mol. The molecule has 1 amide bonds. The molecule has 0 heterocycles. The van der Waals surface area contributed by atoms with E-state index in [0.29, 0.717) is 6.54 Å². The van der Waals surface area contributed by atoms with Crippen molar-refractivity contribution < 1.29 is 19.1 Å². The maximum atomic E-state index is 13.2. The Balaban J connectivity index is 2.12. The normalized spacial score (nSPS) is 18.2. The van der Waals surface area contributed by atoms with Crippen LogP contribution < -0.4 is 5.32 Å². The molecule has 1 aromatic rings. The summed E-state index contributed by atoms with van der Waals surface area (Å²) in [4.78, 5) is 23.6. The van der Waals surface area contributed by atoms with Gasteiger partial charge in [-0.3, -0.25) is 9.59 Å². The van der Waals surface area contributed by atoms with Gasteiger partial charge in [0.1, 0.15) is 5.82 Å². The van der Waals surface area contributed by atoms with E-state index < -0.39 is 11.4 Å². The quantitative estimate of drug-likeness (QED) is 0.845. The number of rotatable bonds is 6. The third-order valence-corrected chi connectivity index (χ3v) is 4.67. The summed E-state index contributed by atoms with van der Waals surface area (Å²) < 4.78 is 13.2. The van der Waals surface area contributed by atoms with Crippen LogP contribution in [0.3, 0.4) is 0 Å². The molecule has 126 valence electrons. The molecule has 0 bridgehead atoms. The Morgan fingerprint density at radius 1 is 1.22 bits per heavy atom. The number of hydrogen-bond donors (Lipinski definition) is 2. The standard InChI is InChI=1S/C18H24FNO3/c1-13(11-16(21)22)12-20-17(23)18(9-3-2-4-10-18)14-5-7-15(19)8-6-14/h5-8,13H,2-4,9-12H2,1H3,(H,20,23)(H,21,22). The molecule has 0 aromatic heterocycles. The zero-order valence-electron chi connectivity index (χ0n) is 13.5. The van der Waals surface area contributed by atoms with E-state index in [4.69, 9.17) is 5.11 Å². The van der Waals surface area contributed by atoms with E-state index in [1.165, 1.54) is 12.1 Å². The minimum atomic E-state index is -0.863. The van der Waals surface area contributed by atoms with Crippen molar-refractivity contribution in [1.29, 1.82) is 0 Å². The van der Waals surface area contributed by atoms with Crippen molar-refractivity contribution in [3.8, 4) is 0 Å². The second-order valence-electron chi connectivity index (χ2n) is 6.56. The minimum Gasteiger partial charge on any atom is -0.481 e. The van der Waals surface area contributed by atoms with Crippen molar-refractivity contribution in [3.05, 3.63) is 35.6 Å². The van der Waals surface area contributed by atoms with Gasteiger partial charge in [0.2, 0.25) is 5.91 Å². The van der Waals surface area contributed by atoms with Crippen LogP contribution in [0.25, 0.3) is 0 Å². The molecule has 23 heavy (non-hydrogen) atoms. The zero-order chi connectivity index (χ0) is 16.9. The van der Waals surface area contributed by atoms with Crippen LogP contribution in [0.2, 0.25) is 0 Å². The first-order chi connectivity index (χ1) is 10.9. The molecule has 2 N–H and O–H groups in total. The molecule has 0 saturated heterocycles. The smallest absolute Gasteiger partial charge is 0.303 e. The highest BCUT2D eigenvalue weighted by Crippen LogP contribution is 2.39. The monoisotopic (exact) mass is 321 g/mol. The van der Waals surface area contributed by atoms with Crippen LogP contribution in [-0.2, 0) is 15.0 Å². The summed E-state index contributed by atoms with van der Waals surface area (Å²) in [5.74, 6) is -1.36. The molecule has 1 atom stereocenters. The van der Waals surface area contributed by atoms with Gasteiger partial charge in [-0.25, -0.2) is 4.39 Å². The summed E-state index contributed by atoms with van der Waals surface area (Å²) in [5, 5.41) is 11.7. The van der Waals surface area contributed by atoms with Gasteiger partial charge in [-0.2, -0.15) is 0 Å². The number of carboxylic acid groups (broad SMARTS) is 1. The number of nitrogens with one attached hydrogen (secondary N) is 1.